The summed E-state index contributed by atoms with van der Waals surface area (Å²) in [6.07, 6.45) is 0.193. The van der Waals surface area contributed by atoms with Crippen LogP contribution in [0, 0.1) is 26.7 Å². The summed E-state index contributed by atoms with van der Waals surface area (Å²) in [5.41, 5.74) is 2.66. The van der Waals surface area contributed by atoms with Gasteiger partial charge in [0.15, 0.2) is 5.82 Å². The highest BCUT2D eigenvalue weighted by Crippen LogP contribution is 2.26. The molecule has 0 bridgehead atoms. The molecule has 0 aliphatic carbocycles. The number of benzene rings is 1. The number of hydrogen-bond donors (Lipinski definition) is 2. The van der Waals surface area contributed by atoms with Crippen molar-refractivity contribution in [2.45, 2.75) is 27.2 Å². The predicted octanol–water partition coefficient (Wildman–Crippen LogP) is 2.82. The Balaban J connectivity index is 1.29. The van der Waals surface area contributed by atoms with Crippen LogP contribution in [0.1, 0.15) is 23.6 Å². The lowest BCUT2D eigenvalue weighted by molar-refractivity contribution is -0.126. The monoisotopic (exact) mass is 467 g/mol. The highest BCUT2D eigenvalue weighted by Gasteiger charge is 2.34. The topological polar surface area (TPSA) is 105 Å². The summed E-state index contributed by atoms with van der Waals surface area (Å²) in [6.45, 7) is 6.99. The number of rotatable bonds is 7. The second-order valence-corrected chi connectivity index (χ2v) is 8.53. The molecule has 2 aromatic heterocycles. The summed E-state index contributed by atoms with van der Waals surface area (Å²) in [5, 5.41) is 11.2. The molecular weight excluding hydrogens is 442 g/mol. The number of aryl methyl sites for hydroxylation is 3. The maximum Gasteiger partial charge on any atom is 0.227 e. The van der Waals surface area contributed by atoms with Crippen molar-refractivity contribution >= 4 is 34.9 Å². The number of carbonyl (C=O) groups is 2. The average Bonchev–Trinajstić information content (AvgIpc) is 3.32. The van der Waals surface area contributed by atoms with Crippen molar-refractivity contribution in [2.24, 2.45) is 5.92 Å². The SMILES string of the molecule is Cc1cc(C)n(-c2cc(NCCNC(=O)[C@H]3CC(=O)N(c4ccc(Cl)cc4)C3)nc(C)n2)n1. The maximum atomic E-state index is 12.6. The molecule has 2 N–H and O–H groups in total. The zero-order valence-corrected chi connectivity index (χ0v) is 19.6. The lowest BCUT2D eigenvalue weighted by atomic mass is 10.1. The van der Waals surface area contributed by atoms with Crippen molar-refractivity contribution in [1.29, 1.82) is 0 Å². The summed E-state index contributed by atoms with van der Waals surface area (Å²) in [5.74, 6) is 1.38. The molecule has 1 aliphatic rings. The van der Waals surface area contributed by atoms with Crippen LogP contribution < -0.4 is 15.5 Å². The quantitative estimate of drug-likeness (QED) is 0.518. The van der Waals surface area contributed by atoms with Gasteiger partial charge in [0.1, 0.15) is 11.6 Å². The standard InChI is InChI=1S/C23H26ClN7O2/c1-14-10-15(2)31(29-14)21-12-20(27-16(3)28-21)25-8-9-26-23(33)17-11-22(32)30(13-17)19-6-4-18(24)5-7-19/h4-7,10,12,17H,8-9,11,13H2,1-3H3,(H,26,33)(H,25,27,28)/t17-/m0/s1. The first kappa shape index (κ1) is 22.7. The molecule has 1 atom stereocenters. The number of nitrogens with zero attached hydrogens (tertiary/aromatic N) is 5. The third kappa shape index (κ3) is 5.31. The fourth-order valence-corrected chi connectivity index (χ4v) is 4.01. The summed E-state index contributed by atoms with van der Waals surface area (Å²) in [7, 11) is 0. The van der Waals surface area contributed by atoms with Gasteiger partial charge in [0.2, 0.25) is 11.8 Å². The van der Waals surface area contributed by atoms with E-state index in [0.717, 1.165) is 17.1 Å². The highest BCUT2D eigenvalue weighted by molar-refractivity contribution is 6.30. The first-order valence-corrected chi connectivity index (χ1v) is 11.1. The van der Waals surface area contributed by atoms with Crippen molar-refractivity contribution in [1.82, 2.24) is 25.1 Å². The number of carbonyl (C=O) groups excluding carboxylic acids is 2. The summed E-state index contributed by atoms with van der Waals surface area (Å²) in [6, 6.07) is 10.9. The van der Waals surface area contributed by atoms with E-state index in [-0.39, 0.29) is 24.2 Å². The first-order valence-electron chi connectivity index (χ1n) is 10.8. The van der Waals surface area contributed by atoms with E-state index < -0.39 is 0 Å². The van der Waals surface area contributed by atoms with Gasteiger partial charge in [0.05, 0.1) is 11.6 Å². The minimum Gasteiger partial charge on any atom is -0.368 e. The Kier molecular flexibility index (Phi) is 6.60. The van der Waals surface area contributed by atoms with Crippen LogP contribution >= 0.6 is 11.6 Å². The molecule has 172 valence electrons. The number of halogens is 1. The van der Waals surface area contributed by atoms with Crippen LogP contribution in [0.25, 0.3) is 5.82 Å². The second-order valence-electron chi connectivity index (χ2n) is 8.10. The molecule has 0 saturated carbocycles. The van der Waals surface area contributed by atoms with Gasteiger partial charge in [-0.2, -0.15) is 5.10 Å². The molecule has 0 radical (unpaired) electrons. The van der Waals surface area contributed by atoms with Crippen molar-refractivity contribution in [2.75, 3.05) is 29.9 Å². The molecular formula is C23H26ClN7O2. The predicted molar refractivity (Wildman–Crippen MR) is 127 cm³/mol. The third-order valence-corrected chi connectivity index (χ3v) is 5.67. The van der Waals surface area contributed by atoms with Crippen LogP contribution in [-0.4, -0.2) is 51.2 Å². The van der Waals surface area contributed by atoms with Crippen LogP contribution in [-0.2, 0) is 9.59 Å². The summed E-state index contributed by atoms with van der Waals surface area (Å²) >= 11 is 5.92. The molecule has 0 spiro atoms. The lowest BCUT2D eigenvalue weighted by Crippen LogP contribution is -2.35. The Morgan fingerprint density at radius 1 is 1.12 bits per heavy atom. The Hall–Kier alpha value is -3.46. The summed E-state index contributed by atoms with van der Waals surface area (Å²) < 4.78 is 1.78. The first-order chi connectivity index (χ1) is 15.8. The van der Waals surface area contributed by atoms with Gasteiger partial charge in [-0.15, -0.1) is 0 Å². The molecule has 4 rings (SSSR count). The van der Waals surface area contributed by atoms with Crippen molar-refractivity contribution in [3.8, 4) is 5.82 Å². The van der Waals surface area contributed by atoms with Gasteiger partial charge in [0, 0.05) is 48.5 Å². The number of hydrogen-bond acceptors (Lipinski definition) is 6. The van der Waals surface area contributed by atoms with Gasteiger partial charge in [-0.3, -0.25) is 9.59 Å². The number of aromatic nitrogens is 4. The second kappa shape index (κ2) is 9.58. The Morgan fingerprint density at radius 3 is 2.58 bits per heavy atom. The normalized spacial score (nSPS) is 15.7. The molecule has 9 nitrogen and oxygen atoms in total. The smallest absolute Gasteiger partial charge is 0.227 e. The highest BCUT2D eigenvalue weighted by atomic mass is 35.5. The van der Waals surface area contributed by atoms with E-state index in [4.69, 9.17) is 11.6 Å². The van der Waals surface area contributed by atoms with E-state index in [1.54, 1.807) is 33.8 Å². The minimum absolute atomic E-state index is 0.0660. The number of anilines is 2. The van der Waals surface area contributed by atoms with E-state index in [2.05, 4.69) is 25.7 Å². The van der Waals surface area contributed by atoms with E-state index in [1.807, 2.05) is 32.9 Å². The van der Waals surface area contributed by atoms with Gasteiger partial charge in [-0.25, -0.2) is 14.6 Å². The third-order valence-electron chi connectivity index (χ3n) is 5.42. The molecule has 3 heterocycles. The zero-order valence-electron chi connectivity index (χ0n) is 18.8. The maximum absolute atomic E-state index is 12.6. The van der Waals surface area contributed by atoms with Crippen molar-refractivity contribution in [3.05, 3.63) is 58.6 Å². The average molecular weight is 468 g/mol. The van der Waals surface area contributed by atoms with Crippen LogP contribution in [0.3, 0.4) is 0 Å². The molecule has 33 heavy (non-hydrogen) atoms. The Bertz CT molecular complexity index is 1180. The van der Waals surface area contributed by atoms with Crippen molar-refractivity contribution < 1.29 is 9.59 Å². The van der Waals surface area contributed by atoms with Crippen LogP contribution in [0.4, 0.5) is 11.5 Å². The molecule has 2 amide bonds. The largest absolute Gasteiger partial charge is 0.368 e. The molecule has 3 aromatic rings. The van der Waals surface area contributed by atoms with Gasteiger partial charge in [-0.05, 0) is 51.1 Å². The molecule has 1 saturated heterocycles. The van der Waals surface area contributed by atoms with E-state index >= 15 is 0 Å². The number of amides is 2. The lowest BCUT2D eigenvalue weighted by Gasteiger charge is -2.17. The molecule has 10 heteroatoms. The fourth-order valence-electron chi connectivity index (χ4n) is 3.89. The van der Waals surface area contributed by atoms with Gasteiger partial charge >= 0.3 is 0 Å². The number of nitrogens with one attached hydrogen (secondary N) is 2. The fraction of sp³-hybridized carbons (Fsp3) is 0.348. The van der Waals surface area contributed by atoms with Crippen molar-refractivity contribution in [3.63, 3.8) is 0 Å². The molecule has 1 fully saturated rings. The molecule has 1 aliphatic heterocycles. The molecule has 0 unspecified atom stereocenters. The van der Waals surface area contributed by atoms with Gasteiger partial charge < -0.3 is 15.5 Å². The van der Waals surface area contributed by atoms with Crippen LogP contribution in [0.15, 0.2) is 36.4 Å². The van der Waals surface area contributed by atoms with E-state index in [1.165, 1.54) is 0 Å². The Morgan fingerprint density at radius 2 is 1.88 bits per heavy atom. The van der Waals surface area contributed by atoms with E-state index in [9.17, 15) is 9.59 Å². The van der Waals surface area contributed by atoms with Crippen LogP contribution in [0.5, 0.6) is 0 Å². The summed E-state index contributed by atoms with van der Waals surface area (Å²) in [4.78, 5) is 35.5. The molecule has 1 aromatic carbocycles. The van der Waals surface area contributed by atoms with Crippen LogP contribution in [0.2, 0.25) is 5.02 Å². The Labute approximate surface area is 197 Å². The minimum atomic E-state index is -0.382. The van der Waals surface area contributed by atoms with E-state index in [0.29, 0.717) is 42.1 Å². The zero-order chi connectivity index (χ0) is 23.5. The van der Waals surface area contributed by atoms with Gasteiger partial charge in [0.25, 0.3) is 0 Å². The van der Waals surface area contributed by atoms with Gasteiger partial charge in [-0.1, -0.05) is 11.6 Å².